The number of aryl methyl sites for hydroxylation is 2. The van der Waals surface area contributed by atoms with Crippen LogP contribution in [0.5, 0.6) is 5.88 Å². The van der Waals surface area contributed by atoms with E-state index in [2.05, 4.69) is 31.9 Å². The summed E-state index contributed by atoms with van der Waals surface area (Å²) in [5.41, 5.74) is 4.75. The van der Waals surface area contributed by atoms with Crippen LogP contribution in [0.1, 0.15) is 34.1 Å². The van der Waals surface area contributed by atoms with E-state index in [1.54, 1.807) is 24.6 Å². The zero-order chi connectivity index (χ0) is 18.5. The summed E-state index contributed by atoms with van der Waals surface area (Å²) in [5.74, 6) is 0.479. The fraction of sp³-hybridized carbons (Fsp3) is 0.316. The van der Waals surface area contributed by atoms with Crippen LogP contribution in [0.25, 0.3) is 0 Å². The Bertz CT molecular complexity index is 854. The molecule has 0 bridgehead atoms. The number of methoxy groups -OCH3 is 1. The van der Waals surface area contributed by atoms with Crippen LogP contribution >= 0.6 is 11.3 Å². The molecule has 1 atom stereocenters. The second-order valence-corrected chi connectivity index (χ2v) is 6.93. The Kier molecular flexibility index (Phi) is 5.68. The van der Waals surface area contributed by atoms with Gasteiger partial charge in [-0.3, -0.25) is 9.89 Å². The molecule has 3 rings (SSSR count). The average Bonchev–Trinajstić information content (AvgIpc) is 3.26. The number of aromatic amines is 1. The molecule has 0 aromatic carbocycles. The van der Waals surface area contributed by atoms with Crippen LogP contribution < -0.4 is 10.1 Å². The van der Waals surface area contributed by atoms with E-state index in [0.717, 1.165) is 22.5 Å². The first kappa shape index (κ1) is 18.1. The number of hydrogen-bond donors (Lipinski definition) is 2. The van der Waals surface area contributed by atoms with Gasteiger partial charge in [0.1, 0.15) is 0 Å². The third-order valence-corrected chi connectivity index (χ3v) is 5.07. The van der Waals surface area contributed by atoms with Gasteiger partial charge in [-0.25, -0.2) is 4.98 Å². The highest BCUT2D eigenvalue weighted by molar-refractivity contribution is 7.07. The molecule has 7 heteroatoms. The Morgan fingerprint density at radius 3 is 2.88 bits per heavy atom. The van der Waals surface area contributed by atoms with Crippen LogP contribution in [-0.2, 0) is 17.6 Å². The Labute approximate surface area is 156 Å². The minimum absolute atomic E-state index is 0.0521. The van der Waals surface area contributed by atoms with Gasteiger partial charge >= 0.3 is 0 Å². The maximum atomic E-state index is 12.7. The summed E-state index contributed by atoms with van der Waals surface area (Å²) in [5, 5.41) is 14.4. The molecule has 3 heterocycles. The molecule has 6 nitrogen and oxygen atoms in total. The second-order valence-electron chi connectivity index (χ2n) is 6.15. The molecule has 0 radical (unpaired) electrons. The van der Waals surface area contributed by atoms with Crippen molar-refractivity contribution in [3.63, 3.8) is 0 Å². The van der Waals surface area contributed by atoms with Gasteiger partial charge < -0.3 is 10.1 Å². The highest BCUT2D eigenvalue weighted by Crippen LogP contribution is 2.26. The van der Waals surface area contributed by atoms with Crippen LogP contribution in [0.2, 0.25) is 0 Å². The number of carbonyl (C=O) groups is 1. The molecule has 0 saturated heterocycles. The van der Waals surface area contributed by atoms with Crippen molar-refractivity contribution in [1.82, 2.24) is 20.5 Å². The number of aromatic nitrogens is 3. The van der Waals surface area contributed by atoms with Crippen LogP contribution in [0.3, 0.4) is 0 Å². The molecule has 26 heavy (non-hydrogen) atoms. The Hall–Kier alpha value is -2.67. The van der Waals surface area contributed by atoms with E-state index in [1.165, 1.54) is 5.56 Å². The lowest BCUT2D eigenvalue weighted by molar-refractivity contribution is -0.121. The third-order valence-electron chi connectivity index (χ3n) is 4.34. The van der Waals surface area contributed by atoms with Crippen molar-refractivity contribution >= 4 is 17.2 Å². The molecule has 0 saturated carbocycles. The van der Waals surface area contributed by atoms with Crippen LogP contribution in [0.15, 0.2) is 35.2 Å². The largest absolute Gasteiger partial charge is 0.481 e. The van der Waals surface area contributed by atoms with E-state index in [1.807, 2.05) is 31.4 Å². The van der Waals surface area contributed by atoms with Gasteiger partial charge in [-0.05, 0) is 48.7 Å². The SMILES string of the molecule is COc1ncccc1C(Cc1ccsc1)NC(=O)Cc1c(C)n[nH]c1C. The van der Waals surface area contributed by atoms with Gasteiger partial charge in [0.05, 0.1) is 25.3 Å². The number of H-pyrrole nitrogens is 1. The molecule has 0 spiro atoms. The molecule has 0 aliphatic heterocycles. The van der Waals surface area contributed by atoms with Crippen molar-refractivity contribution < 1.29 is 9.53 Å². The summed E-state index contributed by atoms with van der Waals surface area (Å²) in [4.78, 5) is 17.0. The number of hydrogen-bond acceptors (Lipinski definition) is 5. The second kappa shape index (κ2) is 8.14. The fourth-order valence-corrected chi connectivity index (χ4v) is 3.64. The lowest BCUT2D eigenvalue weighted by Crippen LogP contribution is -2.31. The first-order valence-corrected chi connectivity index (χ1v) is 9.32. The summed E-state index contributed by atoms with van der Waals surface area (Å²) < 4.78 is 5.40. The van der Waals surface area contributed by atoms with E-state index in [0.29, 0.717) is 12.3 Å². The van der Waals surface area contributed by atoms with Gasteiger partial charge in [-0.1, -0.05) is 6.07 Å². The standard InChI is InChI=1S/C19H22N4O2S/c1-12-16(13(2)23-22-12)10-18(24)21-17(9-14-6-8-26-11-14)15-5-4-7-20-19(15)25-3/h4-8,11,17H,9-10H2,1-3H3,(H,21,24)(H,22,23). The number of rotatable bonds is 7. The first-order chi connectivity index (χ1) is 12.6. The van der Waals surface area contributed by atoms with Gasteiger partial charge in [-0.15, -0.1) is 0 Å². The molecule has 2 N–H and O–H groups in total. The number of pyridine rings is 1. The Morgan fingerprint density at radius 1 is 1.38 bits per heavy atom. The zero-order valence-corrected chi connectivity index (χ0v) is 15.9. The van der Waals surface area contributed by atoms with Gasteiger partial charge in [0, 0.05) is 23.0 Å². The molecule has 0 aliphatic carbocycles. The Morgan fingerprint density at radius 2 is 2.23 bits per heavy atom. The smallest absolute Gasteiger partial charge is 0.225 e. The van der Waals surface area contributed by atoms with Crippen molar-refractivity contribution in [3.05, 3.63) is 63.2 Å². The van der Waals surface area contributed by atoms with Crippen LogP contribution in [0.4, 0.5) is 0 Å². The fourth-order valence-electron chi connectivity index (χ4n) is 2.96. The van der Waals surface area contributed by atoms with E-state index >= 15 is 0 Å². The predicted molar refractivity (Wildman–Crippen MR) is 101 cm³/mol. The molecular formula is C19H22N4O2S. The van der Waals surface area contributed by atoms with Gasteiger partial charge in [-0.2, -0.15) is 16.4 Å². The topological polar surface area (TPSA) is 79.9 Å². The maximum Gasteiger partial charge on any atom is 0.225 e. The van der Waals surface area contributed by atoms with Gasteiger partial charge in [0.25, 0.3) is 0 Å². The summed E-state index contributed by atoms with van der Waals surface area (Å²) >= 11 is 1.64. The third kappa shape index (κ3) is 4.11. The number of thiophene rings is 1. The van der Waals surface area contributed by atoms with E-state index in [9.17, 15) is 4.79 Å². The van der Waals surface area contributed by atoms with Crippen molar-refractivity contribution in [2.45, 2.75) is 32.7 Å². The summed E-state index contributed by atoms with van der Waals surface area (Å²) in [6.07, 6.45) is 2.65. The molecule has 3 aromatic heterocycles. The summed E-state index contributed by atoms with van der Waals surface area (Å²) in [6, 6.07) is 5.65. The molecule has 3 aromatic rings. The molecule has 0 aliphatic rings. The number of carbonyl (C=O) groups excluding carboxylic acids is 1. The van der Waals surface area contributed by atoms with Gasteiger partial charge in [0.2, 0.25) is 11.8 Å². The molecule has 136 valence electrons. The van der Waals surface area contributed by atoms with E-state index in [-0.39, 0.29) is 18.4 Å². The highest BCUT2D eigenvalue weighted by atomic mass is 32.1. The first-order valence-electron chi connectivity index (χ1n) is 8.38. The van der Waals surface area contributed by atoms with Crippen molar-refractivity contribution in [2.75, 3.05) is 7.11 Å². The monoisotopic (exact) mass is 370 g/mol. The summed E-state index contributed by atoms with van der Waals surface area (Å²) in [7, 11) is 1.59. The number of amides is 1. The van der Waals surface area contributed by atoms with Crippen molar-refractivity contribution in [2.24, 2.45) is 0 Å². The van der Waals surface area contributed by atoms with Crippen molar-refractivity contribution in [3.8, 4) is 5.88 Å². The van der Waals surface area contributed by atoms with Crippen LogP contribution in [0, 0.1) is 13.8 Å². The van der Waals surface area contributed by atoms with Crippen molar-refractivity contribution in [1.29, 1.82) is 0 Å². The number of nitrogens with one attached hydrogen (secondary N) is 2. The average molecular weight is 370 g/mol. The molecule has 1 amide bonds. The predicted octanol–water partition coefficient (Wildman–Crippen LogP) is 3.13. The lowest BCUT2D eigenvalue weighted by atomic mass is 10.0. The molecule has 0 fully saturated rings. The minimum atomic E-state index is -0.215. The normalized spacial score (nSPS) is 12.0. The molecule has 1 unspecified atom stereocenters. The Balaban J connectivity index is 1.82. The zero-order valence-electron chi connectivity index (χ0n) is 15.1. The van der Waals surface area contributed by atoms with E-state index < -0.39 is 0 Å². The van der Waals surface area contributed by atoms with Gasteiger partial charge in [0.15, 0.2) is 0 Å². The number of nitrogens with zero attached hydrogens (tertiary/aromatic N) is 2. The van der Waals surface area contributed by atoms with Crippen LogP contribution in [-0.4, -0.2) is 28.2 Å². The van der Waals surface area contributed by atoms with E-state index in [4.69, 9.17) is 4.74 Å². The number of ether oxygens (including phenoxy) is 1. The molecular weight excluding hydrogens is 348 g/mol. The minimum Gasteiger partial charge on any atom is -0.481 e. The highest BCUT2D eigenvalue weighted by Gasteiger charge is 2.21. The maximum absolute atomic E-state index is 12.7. The summed E-state index contributed by atoms with van der Waals surface area (Å²) in [6.45, 7) is 3.83. The lowest BCUT2D eigenvalue weighted by Gasteiger charge is -2.20. The quantitative estimate of drug-likeness (QED) is 0.670.